The van der Waals surface area contributed by atoms with Crippen LogP contribution in [0.5, 0.6) is 23.0 Å². The van der Waals surface area contributed by atoms with Crippen molar-refractivity contribution in [2.45, 2.75) is 9.85 Å². The van der Waals surface area contributed by atoms with Crippen LogP contribution in [0.2, 0.25) is 0 Å². The van der Waals surface area contributed by atoms with Gasteiger partial charge >= 0.3 is 15.8 Å². The lowest BCUT2D eigenvalue weighted by Gasteiger charge is -2.31. The molecule has 0 atom stereocenters. The molecule has 164 valence electrons. The van der Waals surface area contributed by atoms with E-state index in [1.165, 1.54) is 54.6 Å². The van der Waals surface area contributed by atoms with Gasteiger partial charge in [-0.25, -0.2) is 4.79 Å². The molecule has 0 unspecified atom stereocenters. The van der Waals surface area contributed by atoms with Crippen molar-refractivity contribution in [1.82, 2.24) is 0 Å². The third kappa shape index (κ3) is 3.93. The smallest absolute Gasteiger partial charge is 0.372 e. The lowest BCUT2D eigenvalue weighted by atomic mass is 9.79. The van der Waals surface area contributed by atoms with Crippen molar-refractivity contribution in [3.8, 4) is 23.0 Å². The summed E-state index contributed by atoms with van der Waals surface area (Å²) < 4.78 is 29.2. The van der Waals surface area contributed by atoms with Crippen LogP contribution in [0.25, 0.3) is 0 Å². The number of ether oxygens (including phenoxy) is 1. The van der Waals surface area contributed by atoms with Crippen molar-refractivity contribution < 1.29 is 38.4 Å². The fraction of sp³-hybridized carbons (Fsp3) is 0.0909. The number of halogens is 3. The predicted octanol–water partition coefficient (Wildman–Crippen LogP) is 5.05. The highest BCUT2D eigenvalue weighted by Crippen LogP contribution is 2.51. The van der Waals surface area contributed by atoms with Gasteiger partial charge in [-0.3, -0.25) is 4.79 Å². The van der Waals surface area contributed by atoms with Crippen LogP contribution in [0.1, 0.15) is 33.0 Å². The van der Waals surface area contributed by atoms with Gasteiger partial charge in [0.05, 0.1) is 5.56 Å². The number of amides is 1. The molecule has 7 nitrogen and oxygen atoms in total. The zero-order valence-electron chi connectivity index (χ0n) is 16.0. The standard InChI is InChI=1S/C22H14F2INO6/c23-22(24,25)21(31)26-15-3-1-2-14(20(29)30)19(15)18-12-6-4-10(27)8-16(12)32-17-9-11(28)5-7-13(17)18/h1-9,18,27-28H,(H,26,31)(H,29,30). The first-order valence-corrected chi connectivity index (χ1v) is 10.2. The Kier molecular flexibility index (Phi) is 5.41. The molecule has 0 bridgehead atoms. The quantitative estimate of drug-likeness (QED) is 0.208. The zero-order chi connectivity index (χ0) is 23.2. The van der Waals surface area contributed by atoms with E-state index in [0.717, 1.165) is 0 Å². The average molecular weight is 553 g/mol. The number of carboxylic acids is 1. The van der Waals surface area contributed by atoms with E-state index in [4.69, 9.17) is 4.74 Å². The molecule has 1 aliphatic heterocycles. The van der Waals surface area contributed by atoms with Crippen molar-refractivity contribution in [3.63, 3.8) is 0 Å². The summed E-state index contributed by atoms with van der Waals surface area (Å²) in [5.74, 6) is -3.67. The molecule has 4 rings (SSSR count). The second-order valence-electron chi connectivity index (χ2n) is 7.00. The SMILES string of the molecule is O=C(O)c1cccc(NC(=O)C(F)(F)I)c1C1c2ccc(O)cc2Oc2cc(O)ccc21. The number of carbonyl (C=O) groups is 2. The van der Waals surface area contributed by atoms with E-state index in [2.05, 4.69) is 5.32 Å². The maximum absolute atomic E-state index is 13.6. The van der Waals surface area contributed by atoms with E-state index in [1.54, 1.807) is 0 Å². The van der Waals surface area contributed by atoms with E-state index in [9.17, 15) is 33.7 Å². The van der Waals surface area contributed by atoms with Crippen LogP contribution in [0.15, 0.2) is 54.6 Å². The molecule has 10 heteroatoms. The molecule has 4 N–H and O–H groups in total. The normalized spacial score (nSPS) is 13.0. The second-order valence-corrected chi connectivity index (χ2v) is 8.36. The summed E-state index contributed by atoms with van der Waals surface area (Å²) in [6.07, 6.45) is 0. The lowest BCUT2D eigenvalue weighted by molar-refractivity contribution is -0.127. The number of rotatable bonds is 4. The number of phenols is 2. The van der Waals surface area contributed by atoms with Crippen LogP contribution >= 0.6 is 22.6 Å². The molecule has 0 spiro atoms. The maximum Gasteiger partial charge on any atom is 0.372 e. The fourth-order valence-corrected chi connectivity index (χ4v) is 3.80. The number of carbonyl (C=O) groups excluding carboxylic acids is 1. The number of fused-ring (bicyclic) bond motifs is 2. The molecule has 3 aromatic carbocycles. The number of hydrogen-bond donors (Lipinski definition) is 4. The van der Waals surface area contributed by atoms with Gasteiger partial charge in [0.25, 0.3) is 0 Å². The molecule has 3 aromatic rings. The van der Waals surface area contributed by atoms with Gasteiger partial charge in [0, 0.05) is 63.0 Å². The molecule has 1 amide bonds. The van der Waals surface area contributed by atoms with Crippen LogP contribution in [0.4, 0.5) is 14.5 Å². The molecular weight excluding hydrogens is 539 g/mol. The predicted molar refractivity (Wildman–Crippen MR) is 118 cm³/mol. The zero-order valence-corrected chi connectivity index (χ0v) is 18.1. The summed E-state index contributed by atoms with van der Waals surface area (Å²) in [7, 11) is 0. The number of aromatic carboxylic acids is 1. The third-order valence-electron chi connectivity index (χ3n) is 4.97. The highest BCUT2D eigenvalue weighted by molar-refractivity contribution is 14.1. The van der Waals surface area contributed by atoms with Crippen LogP contribution in [0, 0.1) is 0 Å². The number of benzene rings is 3. The Balaban J connectivity index is 2.01. The van der Waals surface area contributed by atoms with E-state index in [1.807, 2.05) is 0 Å². The van der Waals surface area contributed by atoms with Gasteiger partial charge in [-0.15, -0.1) is 0 Å². The van der Waals surface area contributed by atoms with E-state index >= 15 is 0 Å². The van der Waals surface area contributed by atoms with Gasteiger partial charge in [-0.1, -0.05) is 18.2 Å². The minimum atomic E-state index is -3.72. The first-order valence-electron chi connectivity index (χ1n) is 9.14. The van der Waals surface area contributed by atoms with Gasteiger partial charge in [0.1, 0.15) is 23.0 Å². The number of hydrogen-bond acceptors (Lipinski definition) is 5. The Morgan fingerprint density at radius 2 is 1.53 bits per heavy atom. The minimum Gasteiger partial charge on any atom is -0.508 e. The molecule has 0 saturated carbocycles. The highest BCUT2D eigenvalue weighted by atomic mass is 127. The second kappa shape index (κ2) is 7.93. The summed E-state index contributed by atoms with van der Waals surface area (Å²) >= 11 is 0.688. The Morgan fingerprint density at radius 1 is 0.969 bits per heavy atom. The van der Waals surface area contributed by atoms with Gasteiger partial charge in [-0.2, -0.15) is 8.78 Å². The van der Waals surface area contributed by atoms with Crippen molar-refractivity contribution in [2.24, 2.45) is 0 Å². The van der Waals surface area contributed by atoms with Crippen molar-refractivity contribution in [1.29, 1.82) is 0 Å². The molecule has 0 radical (unpaired) electrons. The first-order chi connectivity index (χ1) is 15.1. The molecule has 0 saturated heterocycles. The Hall–Kier alpha value is -3.41. The molecule has 0 fully saturated rings. The summed E-state index contributed by atoms with van der Waals surface area (Å²) in [4.78, 5) is 24.1. The number of carboxylic acid groups (broad SMARTS) is 1. The van der Waals surface area contributed by atoms with E-state index < -0.39 is 21.7 Å². The maximum atomic E-state index is 13.6. The van der Waals surface area contributed by atoms with E-state index in [-0.39, 0.29) is 39.8 Å². The van der Waals surface area contributed by atoms with Crippen LogP contribution in [-0.2, 0) is 4.79 Å². The van der Waals surface area contributed by atoms with Crippen LogP contribution < -0.4 is 10.1 Å². The lowest BCUT2D eigenvalue weighted by Crippen LogP contribution is -2.29. The Bertz CT molecular complexity index is 1210. The number of phenolic OH excluding ortho intramolecular Hbond substituents is 2. The Morgan fingerprint density at radius 3 is 2.03 bits per heavy atom. The highest BCUT2D eigenvalue weighted by Gasteiger charge is 2.38. The number of anilines is 1. The van der Waals surface area contributed by atoms with E-state index in [0.29, 0.717) is 33.7 Å². The molecule has 32 heavy (non-hydrogen) atoms. The van der Waals surface area contributed by atoms with Gasteiger partial charge in [-0.05, 0) is 24.3 Å². The van der Waals surface area contributed by atoms with Gasteiger partial charge < -0.3 is 25.4 Å². The van der Waals surface area contributed by atoms with Gasteiger partial charge in [0.2, 0.25) is 0 Å². The molecule has 0 aromatic heterocycles. The van der Waals surface area contributed by atoms with Gasteiger partial charge in [0.15, 0.2) is 0 Å². The number of alkyl halides is 3. The third-order valence-corrected chi connectivity index (χ3v) is 5.46. The van der Waals surface area contributed by atoms with Crippen LogP contribution in [0.3, 0.4) is 0 Å². The summed E-state index contributed by atoms with van der Waals surface area (Å²) in [5, 5.41) is 31.7. The number of aromatic hydroxyl groups is 2. The number of nitrogens with one attached hydrogen (secondary N) is 1. The summed E-state index contributed by atoms with van der Waals surface area (Å²) in [6, 6.07) is 12.4. The first kappa shape index (κ1) is 21.8. The van der Waals surface area contributed by atoms with Crippen molar-refractivity contribution in [3.05, 3.63) is 76.9 Å². The van der Waals surface area contributed by atoms with Crippen LogP contribution in [-0.4, -0.2) is 31.1 Å². The molecule has 0 aliphatic carbocycles. The molecule has 1 heterocycles. The Labute approximate surface area is 193 Å². The largest absolute Gasteiger partial charge is 0.508 e. The molecular formula is C22H14F2INO6. The summed E-state index contributed by atoms with van der Waals surface area (Å²) in [6.45, 7) is 0. The average Bonchev–Trinajstić information content (AvgIpc) is 2.71. The monoisotopic (exact) mass is 553 g/mol. The van der Waals surface area contributed by atoms with Crippen molar-refractivity contribution >= 4 is 40.2 Å². The minimum absolute atomic E-state index is 0.0520. The topological polar surface area (TPSA) is 116 Å². The summed E-state index contributed by atoms with van der Waals surface area (Å²) in [5.41, 5.74) is 0.592. The molecule has 1 aliphatic rings. The fourth-order valence-electron chi connectivity index (χ4n) is 3.66. The van der Waals surface area contributed by atoms with Crippen molar-refractivity contribution in [2.75, 3.05) is 5.32 Å².